The average Bonchev–Trinajstić information content (AvgIpc) is 3.42. The molecule has 0 saturated heterocycles. The van der Waals surface area contributed by atoms with Crippen LogP contribution in [0, 0.1) is 0 Å². The van der Waals surface area contributed by atoms with Crippen LogP contribution < -0.4 is 0 Å². The Morgan fingerprint density at radius 2 is 1.82 bits per heavy atom. The van der Waals surface area contributed by atoms with Gasteiger partial charge in [-0.25, -0.2) is 0 Å². The van der Waals surface area contributed by atoms with Crippen molar-refractivity contribution in [3.8, 4) is 0 Å². The SMILES string of the molecule is CC(C)N(CC(=O)N(Cc1ccco1)Cc1cccn1C)C(=O)c1cccc(C(F)(F)F)c1. The quantitative estimate of drug-likeness (QED) is 0.488. The van der Waals surface area contributed by atoms with Crippen LogP contribution in [0.2, 0.25) is 0 Å². The molecule has 6 nitrogen and oxygen atoms in total. The number of benzene rings is 1. The van der Waals surface area contributed by atoms with Gasteiger partial charge in [-0.2, -0.15) is 13.2 Å². The largest absolute Gasteiger partial charge is 0.467 e. The van der Waals surface area contributed by atoms with Crippen LogP contribution in [-0.4, -0.2) is 38.8 Å². The van der Waals surface area contributed by atoms with E-state index < -0.39 is 23.7 Å². The number of rotatable bonds is 8. The van der Waals surface area contributed by atoms with E-state index in [1.807, 2.05) is 29.9 Å². The van der Waals surface area contributed by atoms with Crippen LogP contribution in [-0.2, 0) is 31.1 Å². The molecule has 9 heteroatoms. The Morgan fingerprint density at radius 1 is 1.06 bits per heavy atom. The van der Waals surface area contributed by atoms with E-state index in [1.54, 1.807) is 30.9 Å². The van der Waals surface area contributed by atoms with Crippen LogP contribution in [0.15, 0.2) is 65.4 Å². The van der Waals surface area contributed by atoms with Gasteiger partial charge in [0.05, 0.1) is 24.9 Å². The van der Waals surface area contributed by atoms with Crippen molar-refractivity contribution in [2.24, 2.45) is 7.05 Å². The van der Waals surface area contributed by atoms with E-state index in [2.05, 4.69) is 0 Å². The lowest BCUT2D eigenvalue weighted by molar-refractivity contribution is -0.137. The van der Waals surface area contributed by atoms with Crippen LogP contribution in [0.4, 0.5) is 13.2 Å². The molecule has 0 saturated carbocycles. The smallest absolute Gasteiger partial charge is 0.416 e. The summed E-state index contributed by atoms with van der Waals surface area (Å²) in [6.45, 7) is 3.63. The number of nitrogens with zero attached hydrogens (tertiary/aromatic N) is 3. The number of aromatic nitrogens is 1. The fourth-order valence-electron chi connectivity index (χ4n) is 3.41. The van der Waals surface area contributed by atoms with Crippen molar-refractivity contribution >= 4 is 11.8 Å². The second-order valence-electron chi connectivity index (χ2n) is 8.04. The van der Waals surface area contributed by atoms with E-state index in [4.69, 9.17) is 4.42 Å². The fourth-order valence-corrected chi connectivity index (χ4v) is 3.41. The van der Waals surface area contributed by atoms with Crippen LogP contribution in [0.3, 0.4) is 0 Å². The van der Waals surface area contributed by atoms with Gasteiger partial charge in [-0.15, -0.1) is 0 Å². The van der Waals surface area contributed by atoms with Crippen molar-refractivity contribution in [3.63, 3.8) is 0 Å². The lowest BCUT2D eigenvalue weighted by atomic mass is 10.1. The summed E-state index contributed by atoms with van der Waals surface area (Å²) in [5, 5.41) is 0. The highest BCUT2D eigenvalue weighted by molar-refractivity contribution is 5.96. The molecule has 0 radical (unpaired) electrons. The summed E-state index contributed by atoms with van der Waals surface area (Å²) >= 11 is 0. The maximum Gasteiger partial charge on any atom is 0.416 e. The highest BCUT2D eigenvalue weighted by Crippen LogP contribution is 2.30. The maximum absolute atomic E-state index is 13.3. The van der Waals surface area contributed by atoms with E-state index >= 15 is 0 Å². The summed E-state index contributed by atoms with van der Waals surface area (Å²) in [5.74, 6) is -0.402. The zero-order valence-corrected chi connectivity index (χ0v) is 18.7. The first kappa shape index (κ1) is 24.2. The fraction of sp³-hybridized carbons (Fsp3) is 0.333. The maximum atomic E-state index is 13.3. The zero-order valence-electron chi connectivity index (χ0n) is 18.7. The summed E-state index contributed by atoms with van der Waals surface area (Å²) in [6, 6.07) is 11.0. The van der Waals surface area contributed by atoms with E-state index in [9.17, 15) is 22.8 Å². The van der Waals surface area contributed by atoms with Crippen LogP contribution >= 0.6 is 0 Å². The molecule has 0 fully saturated rings. The number of hydrogen-bond donors (Lipinski definition) is 0. The second-order valence-corrected chi connectivity index (χ2v) is 8.04. The van der Waals surface area contributed by atoms with Crippen LogP contribution in [0.5, 0.6) is 0 Å². The van der Waals surface area contributed by atoms with Crippen molar-refractivity contribution < 1.29 is 27.2 Å². The Bertz CT molecular complexity index is 1090. The van der Waals surface area contributed by atoms with Gasteiger partial charge >= 0.3 is 6.18 Å². The molecular weight excluding hydrogens is 435 g/mol. The third kappa shape index (κ3) is 6.06. The zero-order chi connectivity index (χ0) is 24.2. The molecule has 3 rings (SSSR count). The number of halogens is 3. The number of aryl methyl sites for hydroxylation is 1. The molecule has 0 spiro atoms. The van der Waals surface area contributed by atoms with E-state index in [0.717, 1.165) is 17.8 Å². The number of carbonyl (C=O) groups excluding carboxylic acids is 2. The van der Waals surface area contributed by atoms with E-state index in [0.29, 0.717) is 5.76 Å². The Kier molecular flexibility index (Phi) is 7.30. The number of carbonyl (C=O) groups is 2. The number of hydrogen-bond acceptors (Lipinski definition) is 3. The topological polar surface area (TPSA) is 58.7 Å². The number of amides is 2. The molecule has 0 atom stereocenters. The number of alkyl halides is 3. The summed E-state index contributed by atoms with van der Waals surface area (Å²) in [6.07, 6.45) is -1.19. The molecule has 2 aromatic heterocycles. The third-order valence-corrected chi connectivity index (χ3v) is 5.31. The van der Waals surface area contributed by atoms with Crippen LogP contribution in [0.1, 0.15) is 41.2 Å². The molecule has 2 amide bonds. The first-order chi connectivity index (χ1) is 15.6. The molecule has 1 aromatic carbocycles. The summed E-state index contributed by atoms with van der Waals surface area (Å²) in [5.41, 5.74) is -0.145. The van der Waals surface area contributed by atoms with Gasteiger partial charge in [0.25, 0.3) is 5.91 Å². The standard InChI is InChI=1S/C24H26F3N3O3/c1-17(2)30(23(32)18-7-4-8-19(13-18)24(25,26)27)16-22(31)29(15-21-10-6-12-33-21)14-20-9-5-11-28(20)3/h4-13,17H,14-16H2,1-3H3. The van der Waals surface area contributed by atoms with E-state index in [-0.39, 0.29) is 31.1 Å². The van der Waals surface area contributed by atoms with Crippen molar-refractivity contribution in [3.05, 3.63) is 83.6 Å². The first-order valence-electron chi connectivity index (χ1n) is 10.4. The predicted molar refractivity (Wildman–Crippen MR) is 116 cm³/mol. The highest BCUT2D eigenvalue weighted by Gasteiger charge is 2.32. The lowest BCUT2D eigenvalue weighted by Gasteiger charge is -2.30. The molecule has 3 aromatic rings. The minimum Gasteiger partial charge on any atom is -0.467 e. The van der Waals surface area contributed by atoms with Crippen LogP contribution in [0.25, 0.3) is 0 Å². The second kappa shape index (κ2) is 9.97. The van der Waals surface area contributed by atoms with Gasteiger partial charge in [-0.3, -0.25) is 9.59 Å². The Hall–Kier alpha value is -3.49. The molecule has 0 aliphatic carbocycles. The van der Waals surface area contributed by atoms with Crippen molar-refractivity contribution in [1.29, 1.82) is 0 Å². The third-order valence-electron chi connectivity index (χ3n) is 5.31. The van der Waals surface area contributed by atoms with Crippen molar-refractivity contribution in [1.82, 2.24) is 14.4 Å². The molecule has 176 valence electrons. The predicted octanol–water partition coefficient (Wildman–Crippen LogP) is 4.72. The summed E-state index contributed by atoms with van der Waals surface area (Å²) < 4.78 is 46.6. The highest BCUT2D eigenvalue weighted by atomic mass is 19.4. The van der Waals surface area contributed by atoms with Gasteiger partial charge in [0.2, 0.25) is 5.91 Å². The normalized spacial score (nSPS) is 11.6. The molecule has 2 heterocycles. The van der Waals surface area contributed by atoms with Gasteiger partial charge < -0.3 is 18.8 Å². The monoisotopic (exact) mass is 461 g/mol. The Labute approximate surface area is 190 Å². The number of furan rings is 1. The summed E-state index contributed by atoms with van der Waals surface area (Å²) in [7, 11) is 1.86. The first-order valence-corrected chi connectivity index (χ1v) is 10.4. The molecular formula is C24H26F3N3O3. The van der Waals surface area contributed by atoms with Gasteiger partial charge in [-0.1, -0.05) is 6.07 Å². The molecule has 0 unspecified atom stereocenters. The Balaban J connectivity index is 1.83. The molecule has 0 N–H and O–H groups in total. The molecule has 0 bridgehead atoms. The molecule has 0 aliphatic heterocycles. The average molecular weight is 461 g/mol. The van der Waals surface area contributed by atoms with Crippen molar-refractivity contribution in [2.75, 3.05) is 6.54 Å². The van der Waals surface area contributed by atoms with Gasteiger partial charge in [0.1, 0.15) is 12.3 Å². The minimum absolute atomic E-state index is 0.119. The lowest BCUT2D eigenvalue weighted by Crippen LogP contribution is -2.45. The van der Waals surface area contributed by atoms with Crippen molar-refractivity contribution in [2.45, 2.75) is 39.2 Å². The minimum atomic E-state index is -4.57. The van der Waals surface area contributed by atoms with Gasteiger partial charge in [0, 0.05) is 30.5 Å². The van der Waals surface area contributed by atoms with E-state index in [1.165, 1.54) is 23.3 Å². The molecule has 33 heavy (non-hydrogen) atoms. The van der Waals surface area contributed by atoms with Gasteiger partial charge in [0.15, 0.2) is 0 Å². The van der Waals surface area contributed by atoms with Gasteiger partial charge in [-0.05, 0) is 56.3 Å². The summed E-state index contributed by atoms with van der Waals surface area (Å²) in [4.78, 5) is 29.2. The molecule has 0 aliphatic rings. The Morgan fingerprint density at radius 3 is 2.39 bits per heavy atom.